The van der Waals surface area contributed by atoms with Gasteiger partial charge in [-0.05, 0) is 13.8 Å². The van der Waals surface area contributed by atoms with Crippen LogP contribution in [-0.2, 0) is 14.4 Å². The fourth-order valence-electron chi connectivity index (χ4n) is 4.15. The normalized spacial score (nSPS) is 22.0. The quantitative estimate of drug-likeness (QED) is 0.547. The number of piperazine rings is 1. The van der Waals surface area contributed by atoms with Crippen molar-refractivity contribution in [3.05, 3.63) is 0 Å². The molecule has 0 radical (unpaired) electrons. The van der Waals surface area contributed by atoms with Crippen molar-refractivity contribution in [3.8, 4) is 0 Å². The van der Waals surface area contributed by atoms with E-state index in [0.29, 0.717) is 45.6 Å². The summed E-state index contributed by atoms with van der Waals surface area (Å²) < 4.78 is 0. The monoisotopic (exact) mass is 348 g/mol. The van der Waals surface area contributed by atoms with Gasteiger partial charge >= 0.3 is 0 Å². The molecule has 6 heteroatoms. The van der Waals surface area contributed by atoms with Crippen molar-refractivity contribution in [1.82, 2.24) is 9.80 Å². The van der Waals surface area contributed by atoms with Crippen molar-refractivity contribution in [2.75, 3.05) is 19.6 Å². The highest BCUT2D eigenvalue weighted by atomic mass is 16.2. The van der Waals surface area contributed by atoms with Crippen LogP contribution in [0.15, 0.2) is 0 Å². The minimum absolute atomic E-state index is 0.0460. The minimum atomic E-state index is -0.335. The third-order valence-corrected chi connectivity index (χ3v) is 5.80. The number of carbonyl (C=O) groups excluding carboxylic acids is 3. The predicted molar refractivity (Wildman–Crippen MR) is 101 cm³/mol. The van der Waals surface area contributed by atoms with Gasteiger partial charge in [-0.15, -0.1) is 0 Å². The molecule has 5 nitrogen and oxygen atoms in total. The van der Waals surface area contributed by atoms with Crippen LogP contribution in [0.5, 0.6) is 0 Å². The molecule has 1 heterocycles. The molecule has 0 N–H and O–H groups in total. The first kappa shape index (κ1) is 20.0. The maximum Gasteiger partial charge on any atom is 0.223 e. The summed E-state index contributed by atoms with van der Waals surface area (Å²) in [5.74, 6) is 0.572. The van der Waals surface area contributed by atoms with E-state index in [9.17, 15) is 14.4 Å². The Hall–Kier alpha value is -1.33. The standard InChI is InChI=1S/C19H33BN2O3/c1-19(2)14-21(12-13-22(19)15-23)18(25)11-10-17(24)20-16-8-6-4-3-5-7-9-16/h15-16,20H,3-14H2,1-2H3. The molecule has 2 fully saturated rings. The highest BCUT2D eigenvalue weighted by molar-refractivity contribution is 6.75. The van der Waals surface area contributed by atoms with E-state index in [2.05, 4.69) is 0 Å². The van der Waals surface area contributed by atoms with Gasteiger partial charge in [-0.3, -0.25) is 9.59 Å². The van der Waals surface area contributed by atoms with E-state index in [0.717, 1.165) is 6.41 Å². The average molecular weight is 348 g/mol. The molecule has 0 aromatic heterocycles. The first-order chi connectivity index (χ1) is 11.9. The second-order valence-electron chi connectivity index (χ2n) is 8.38. The van der Waals surface area contributed by atoms with Crippen molar-refractivity contribution >= 4 is 25.3 Å². The van der Waals surface area contributed by atoms with Crippen molar-refractivity contribution in [2.24, 2.45) is 0 Å². The van der Waals surface area contributed by atoms with Crippen LogP contribution in [-0.4, -0.2) is 60.3 Å². The third-order valence-electron chi connectivity index (χ3n) is 5.80. The summed E-state index contributed by atoms with van der Waals surface area (Å²) in [5, 5.41) is 0. The molecule has 0 unspecified atom stereocenters. The minimum Gasteiger partial charge on any atom is -0.339 e. The number of carbonyl (C=O) groups is 3. The molecule has 1 aliphatic heterocycles. The number of hydrogen-bond acceptors (Lipinski definition) is 3. The molecule has 2 aliphatic rings. The van der Waals surface area contributed by atoms with Crippen LogP contribution in [0, 0.1) is 0 Å². The predicted octanol–water partition coefficient (Wildman–Crippen LogP) is 2.34. The zero-order chi connectivity index (χ0) is 18.3. The fraction of sp³-hybridized carbons (Fsp3) is 0.842. The van der Waals surface area contributed by atoms with Gasteiger partial charge in [0.05, 0.1) is 11.2 Å². The molecular weight excluding hydrogens is 315 g/mol. The number of rotatable bonds is 6. The average Bonchev–Trinajstić information content (AvgIpc) is 2.54. The van der Waals surface area contributed by atoms with E-state index in [4.69, 9.17) is 0 Å². The molecule has 140 valence electrons. The van der Waals surface area contributed by atoms with Gasteiger partial charge in [-0.25, -0.2) is 0 Å². The van der Waals surface area contributed by atoms with Gasteiger partial charge < -0.3 is 14.6 Å². The maximum absolute atomic E-state index is 12.4. The SMILES string of the molecule is CC1(C)CN(C(=O)CCC(=O)BC2CCCCCCC2)CCN1C=O. The molecule has 1 saturated carbocycles. The van der Waals surface area contributed by atoms with Gasteiger partial charge in [0.15, 0.2) is 0 Å². The van der Waals surface area contributed by atoms with Gasteiger partial charge in [-0.2, -0.15) is 0 Å². The summed E-state index contributed by atoms with van der Waals surface area (Å²) in [6, 6.07) is 0. The number of nitrogens with zero attached hydrogens (tertiary/aromatic N) is 2. The summed E-state index contributed by atoms with van der Waals surface area (Å²) in [7, 11) is 0.650. The van der Waals surface area contributed by atoms with Gasteiger partial charge in [0.1, 0.15) is 0 Å². The van der Waals surface area contributed by atoms with Crippen LogP contribution in [0.1, 0.15) is 71.6 Å². The first-order valence-corrected chi connectivity index (χ1v) is 9.94. The molecule has 0 bridgehead atoms. The topological polar surface area (TPSA) is 57.7 Å². The molecule has 0 aromatic carbocycles. The zero-order valence-electron chi connectivity index (χ0n) is 16.0. The van der Waals surface area contributed by atoms with Crippen LogP contribution in [0.3, 0.4) is 0 Å². The van der Waals surface area contributed by atoms with E-state index in [1.54, 1.807) is 4.90 Å². The van der Waals surface area contributed by atoms with Crippen molar-refractivity contribution in [2.45, 2.75) is 83.0 Å². The lowest BCUT2D eigenvalue weighted by Gasteiger charge is -2.45. The second-order valence-corrected chi connectivity index (χ2v) is 8.38. The Morgan fingerprint density at radius 3 is 2.28 bits per heavy atom. The Morgan fingerprint density at radius 1 is 1.04 bits per heavy atom. The molecular formula is C19H33BN2O3. The summed E-state index contributed by atoms with van der Waals surface area (Å²) in [6.07, 6.45) is 10.3. The van der Waals surface area contributed by atoms with Gasteiger partial charge in [0.2, 0.25) is 19.6 Å². The highest BCUT2D eigenvalue weighted by Crippen LogP contribution is 2.26. The Labute approximate surface area is 152 Å². The number of amides is 2. The van der Waals surface area contributed by atoms with Crippen LogP contribution < -0.4 is 0 Å². The van der Waals surface area contributed by atoms with E-state index in [-0.39, 0.29) is 17.1 Å². The molecule has 25 heavy (non-hydrogen) atoms. The lowest BCUT2D eigenvalue weighted by Crippen LogP contribution is -2.59. The molecule has 2 rings (SSSR count). The third kappa shape index (κ3) is 6.16. The van der Waals surface area contributed by atoms with Crippen LogP contribution in [0.4, 0.5) is 0 Å². The van der Waals surface area contributed by atoms with E-state index < -0.39 is 0 Å². The summed E-state index contributed by atoms with van der Waals surface area (Å²) in [6.45, 7) is 5.62. The van der Waals surface area contributed by atoms with E-state index >= 15 is 0 Å². The van der Waals surface area contributed by atoms with Crippen LogP contribution in [0.2, 0.25) is 5.82 Å². The fourth-order valence-corrected chi connectivity index (χ4v) is 4.15. The first-order valence-electron chi connectivity index (χ1n) is 9.94. The van der Waals surface area contributed by atoms with Crippen molar-refractivity contribution in [3.63, 3.8) is 0 Å². The Morgan fingerprint density at radius 2 is 1.68 bits per heavy atom. The van der Waals surface area contributed by atoms with E-state index in [1.807, 2.05) is 18.7 Å². The van der Waals surface area contributed by atoms with Crippen molar-refractivity contribution < 1.29 is 14.4 Å². The lowest BCUT2D eigenvalue weighted by atomic mass is 9.56. The van der Waals surface area contributed by atoms with Gasteiger partial charge in [0.25, 0.3) is 0 Å². The van der Waals surface area contributed by atoms with Gasteiger partial charge in [-0.1, -0.05) is 50.8 Å². The Kier molecular flexibility index (Phi) is 7.51. The number of hydrogen-bond donors (Lipinski definition) is 0. The Bertz CT molecular complexity index is 473. The summed E-state index contributed by atoms with van der Waals surface area (Å²) in [5.41, 5.74) is -0.0943. The molecule has 2 amide bonds. The maximum atomic E-state index is 12.4. The molecule has 0 aromatic rings. The van der Waals surface area contributed by atoms with E-state index in [1.165, 1.54) is 44.9 Å². The lowest BCUT2D eigenvalue weighted by molar-refractivity contribution is -0.141. The molecule has 1 aliphatic carbocycles. The summed E-state index contributed by atoms with van der Waals surface area (Å²) >= 11 is 0. The molecule has 0 spiro atoms. The summed E-state index contributed by atoms with van der Waals surface area (Å²) in [4.78, 5) is 39.4. The smallest absolute Gasteiger partial charge is 0.223 e. The van der Waals surface area contributed by atoms with Crippen LogP contribution in [0.25, 0.3) is 0 Å². The molecule has 0 atom stereocenters. The molecule has 1 saturated heterocycles. The second kappa shape index (κ2) is 9.39. The highest BCUT2D eigenvalue weighted by Gasteiger charge is 2.34. The van der Waals surface area contributed by atoms with Crippen molar-refractivity contribution in [1.29, 1.82) is 0 Å². The zero-order valence-corrected chi connectivity index (χ0v) is 16.0. The van der Waals surface area contributed by atoms with Crippen LogP contribution >= 0.6 is 0 Å². The Balaban J connectivity index is 1.73. The largest absolute Gasteiger partial charge is 0.339 e. The van der Waals surface area contributed by atoms with Gasteiger partial charge in [0, 0.05) is 32.5 Å².